The number of piperidine rings is 1. The van der Waals surface area contributed by atoms with E-state index in [-0.39, 0.29) is 11.9 Å². The minimum atomic E-state index is 0.0357. The number of hydrogen-bond acceptors (Lipinski definition) is 3. The van der Waals surface area contributed by atoms with Gasteiger partial charge in [0.2, 0.25) is 0 Å². The molecule has 1 aliphatic heterocycles. The van der Waals surface area contributed by atoms with Gasteiger partial charge in [0, 0.05) is 24.7 Å². The average Bonchev–Trinajstić information content (AvgIpc) is 2.37. The smallest absolute Gasteiger partial charge is 0.253 e. The highest BCUT2D eigenvalue weighted by Crippen LogP contribution is 2.26. The van der Waals surface area contributed by atoms with Crippen molar-refractivity contribution in [2.45, 2.75) is 18.9 Å². The van der Waals surface area contributed by atoms with E-state index in [0.717, 1.165) is 29.6 Å². The molecule has 4 nitrogen and oxygen atoms in total. The van der Waals surface area contributed by atoms with E-state index in [4.69, 9.17) is 10.5 Å². The van der Waals surface area contributed by atoms with Crippen molar-refractivity contribution in [2.75, 3.05) is 20.2 Å². The van der Waals surface area contributed by atoms with Crippen molar-refractivity contribution in [2.24, 2.45) is 5.73 Å². The lowest BCUT2D eigenvalue weighted by Crippen LogP contribution is -2.45. The molecule has 0 saturated carbocycles. The minimum absolute atomic E-state index is 0.0357. The van der Waals surface area contributed by atoms with Crippen LogP contribution in [0.25, 0.3) is 0 Å². The predicted octanol–water partition coefficient (Wildman–Crippen LogP) is 2.02. The highest BCUT2D eigenvalue weighted by Gasteiger charge is 2.22. The second-order valence-corrected chi connectivity index (χ2v) is 5.36. The summed E-state index contributed by atoms with van der Waals surface area (Å²) in [6.45, 7) is 1.43. The van der Waals surface area contributed by atoms with Crippen molar-refractivity contribution in [3.8, 4) is 5.75 Å². The first kappa shape index (κ1) is 13.4. The Morgan fingerprint density at radius 1 is 1.56 bits per heavy atom. The van der Waals surface area contributed by atoms with Crippen molar-refractivity contribution >= 4 is 21.8 Å². The molecule has 18 heavy (non-hydrogen) atoms. The number of halogens is 1. The van der Waals surface area contributed by atoms with Crippen LogP contribution in [0.1, 0.15) is 23.2 Å². The van der Waals surface area contributed by atoms with E-state index in [1.807, 2.05) is 4.90 Å². The van der Waals surface area contributed by atoms with Gasteiger partial charge in [-0.15, -0.1) is 0 Å². The first-order chi connectivity index (χ1) is 8.61. The molecule has 0 radical (unpaired) electrons. The largest absolute Gasteiger partial charge is 0.496 e. The minimum Gasteiger partial charge on any atom is -0.496 e. The van der Waals surface area contributed by atoms with E-state index in [1.54, 1.807) is 25.3 Å². The number of likely N-dealkylation sites (tertiary alicyclic amines) is 1. The molecule has 1 amide bonds. The van der Waals surface area contributed by atoms with Crippen LogP contribution in [-0.2, 0) is 0 Å². The summed E-state index contributed by atoms with van der Waals surface area (Å²) in [4.78, 5) is 14.1. The Kier molecular flexibility index (Phi) is 4.24. The number of ether oxygens (including phenoxy) is 1. The molecule has 2 rings (SSSR count). The maximum absolute atomic E-state index is 12.3. The average molecular weight is 313 g/mol. The number of carbonyl (C=O) groups is 1. The third kappa shape index (κ3) is 2.84. The number of methoxy groups -OCH3 is 1. The van der Waals surface area contributed by atoms with Crippen molar-refractivity contribution in [3.05, 3.63) is 28.2 Å². The summed E-state index contributed by atoms with van der Waals surface area (Å²) in [7, 11) is 1.60. The molecular formula is C13H17BrN2O2. The lowest BCUT2D eigenvalue weighted by Gasteiger charge is -2.30. The van der Waals surface area contributed by atoms with Gasteiger partial charge in [0.1, 0.15) is 5.75 Å². The van der Waals surface area contributed by atoms with Gasteiger partial charge in [-0.25, -0.2) is 0 Å². The molecule has 98 valence electrons. The third-order valence-electron chi connectivity index (χ3n) is 3.14. The third-order valence-corrected chi connectivity index (χ3v) is 3.76. The van der Waals surface area contributed by atoms with E-state index < -0.39 is 0 Å². The molecule has 1 aliphatic rings. The van der Waals surface area contributed by atoms with Crippen LogP contribution in [0.4, 0.5) is 0 Å². The molecule has 0 spiro atoms. The van der Waals surface area contributed by atoms with Crippen LogP contribution in [0.5, 0.6) is 5.75 Å². The number of rotatable bonds is 2. The van der Waals surface area contributed by atoms with E-state index in [1.165, 1.54) is 0 Å². The van der Waals surface area contributed by atoms with Gasteiger partial charge in [0.25, 0.3) is 5.91 Å². The fourth-order valence-electron chi connectivity index (χ4n) is 2.18. The highest BCUT2D eigenvalue weighted by atomic mass is 79.9. The van der Waals surface area contributed by atoms with E-state index in [2.05, 4.69) is 15.9 Å². The molecule has 0 bridgehead atoms. The summed E-state index contributed by atoms with van der Waals surface area (Å²) in [5.41, 5.74) is 6.56. The number of nitrogens with two attached hydrogens (primary N) is 1. The molecule has 1 aromatic carbocycles. The van der Waals surface area contributed by atoms with Gasteiger partial charge in [0.05, 0.1) is 11.6 Å². The summed E-state index contributed by atoms with van der Waals surface area (Å²) in [5.74, 6) is 0.760. The second kappa shape index (κ2) is 5.71. The van der Waals surface area contributed by atoms with E-state index in [0.29, 0.717) is 12.1 Å². The first-order valence-corrected chi connectivity index (χ1v) is 6.79. The summed E-state index contributed by atoms with van der Waals surface area (Å²) < 4.78 is 5.94. The quantitative estimate of drug-likeness (QED) is 0.909. The van der Waals surface area contributed by atoms with Gasteiger partial charge in [0.15, 0.2) is 0 Å². The maximum atomic E-state index is 12.3. The van der Waals surface area contributed by atoms with Gasteiger partial charge >= 0.3 is 0 Å². The van der Waals surface area contributed by atoms with Crippen molar-refractivity contribution in [1.82, 2.24) is 4.90 Å². The van der Waals surface area contributed by atoms with Gasteiger partial charge < -0.3 is 15.4 Å². The second-order valence-electron chi connectivity index (χ2n) is 4.50. The topological polar surface area (TPSA) is 55.6 Å². The standard InChI is InChI=1S/C13H17BrN2O2/c1-18-12-5-4-9(7-11(12)14)13(17)16-6-2-3-10(15)8-16/h4-5,7,10H,2-3,6,8,15H2,1H3. The zero-order valence-corrected chi connectivity index (χ0v) is 11.9. The molecule has 1 saturated heterocycles. The Hall–Kier alpha value is -1.07. The predicted molar refractivity (Wildman–Crippen MR) is 73.8 cm³/mol. The SMILES string of the molecule is COc1ccc(C(=O)N2CCCC(N)C2)cc1Br. The molecule has 0 aromatic heterocycles. The molecule has 1 heterocycles. The molecule has 0 aliphatic carbocycles. The van der Waals surface area contributed by atoms with Crippen LogP contribution in [0.3, 0.4) is 0 Å². The van der Waals surface area contributed by atoms with Gasteiger partial charge in [-0.3, -0.25) is 4.79 Å². The Labute approximate surface area is 115 Å². The number of amides is 1. The van der Waals surface area contributed by atoms with E-state index >= 15 is 0 Å². The van der Waals surface area contributed by atoms with Crippen molar-refractivity contribution in [1.29, 1.82) is 0 Å². The number of benzene rings is 1. The zero-order chi connectivity index (χ0) is 13.1. The lowest BCUT2D eigenvalue weighted by atomic mass is 10.1. The molecule has 1 fully saturated rings. The summed E-state index contributed by atoms with van der Waals surface area (Å²) in [6, 6.07) is 5.47. The van der Waals surface area contributed by atoms with Crippen molar-refractivity contribution < 1.29 is 9.53 Å². The Morgan fingerprint density at radius 3 is 2.94 bits per heavy atom. The molecular weight excluding hydrogens is 296 g/mol. The monoisotopic (exact) mass is 312 g/mol. The molecule has 1 atom stereocenters. The first-order valence-electron chi connectivity index (χ1n) is 6.00. The molecule has 1 unspecified atom stereocenters. The van der Waals surface area contributed by atoms with Crippen LogP contribution in [-0.4, -0.2) is 37.0 Å². The Morgan fingerprint density at radius 2 is 2.33 bits per heavy atom. The molecule has 2 N–H and O–H groups in total. The zero-order valence-electron chi connectivity index (χ0n) is 10.4. The maximum Gasteiger partial charge on any atom is 0.253 e. The summed E-state index contributed by atoms with van der Waals surface area (Å²) in [5, 5.41) is 0. The van der Waals surface area contributed by atoms with E-state index in [9.17, 15) is 4.79 Å². The van der Waals surface area contributed by atoms with Gasteiger partial charge in [-0.2, -0.15) is 0 Å². The number of carbonyl (C=O) groups excluding carboxylic acids is 1. The van der Waals surface area contributed by atoms with Crippen LogP contribution < -0.4 is 10.5 Å². The van der Waals surface area contributed by atoms with Crippen LogP contribution in [0.15, 0.2) is 22.7 Å². The van der Waals surface area contributed by atoms with Gasteiger partial charge in [-0.05, 0) is 47.0 Å². The highest BCUT2D eigenvalue weighted by molar-refractivity contribution is 9.10. The van der Waals surface area contributed by atoms with Crippen molar-refractivity contribution in [3.63, 3.8) is 0 Å². The summed E-state index contributed by atoms with van der Waals surface area (Å²) in [6.07, 6.45) is 1.97. The molecule has 1 aromatic rings. The number of nitrogens with zero attached hydrogens (tertiary/aromatic N) is 1. The normalized spacial score (nSPS) is 19.7. The molecule has 5 heteroatoms. The number of hydrogen-bond donors (Lipinski definition) is 1. The van der Waals surface area contributed by atoms with Crippen LogP contribution in [0.2, 0.25) is 0 Å². The fraction of sp³-hybridized carbons (Fsp3) is 0.462. The lowest BCUT2D eigenvalue weighted by molar-refractivity contribution is 0.0708. The Balaban J connectivity index is 2.15. The van der Waals surface area contributed by atoms with Gasteiger partial charge in [-0.1, -0.05) is 0 Å². The fourth-order valence-corrected chi connectivity index (χ4v) is 2.72. The summed E-state index contributed by atoms with van der Waals surface area (Å²) >= 11 is 3.39. The van der Waals surface area contributed by atoms with Crippen LogP contribution >= 0.6 is 15.9 Å². The van der Waals surface area contributed by atoms with Crippen LogP contribution in [0, 0.1) is 0 Å². The Bertz CT molecular complexity index is 451.